The quantitative estimate of drug-likeness (QED) is 0.565. The van der Waals surface area contributed by atoms with Gasteiger partial charge < -0.3 is 9.88 Å². The number of amides is 1. The lowest BCUT2D eigenvalue weighted by atomic mass is 10.1. The molecule has 0 unspecified atom stereocenters. The Morgan fingerprint density at radius 2 is 1.73 bits per heavy atom. The van der Waals surface area contributed by atoms with Crippen molar-refractivity contribution in [3.05, 3.63) is 53.2 Å². The second-order valence-electron chi connectivity index (χ2n) is 8.67. The van der Waals surface area contributed by atoms with E-state index in [-0.39, 0.29) is 12.3 Å². The molecule has 0 atom stereocenters. The smallest absolute Gasteiger partial charge is 0.252 e. The van der Waals surface area contributed by atoms with Crippen LogP contribution in [0.25, 0.3) is 11.4 Å². The van der Waals surface area contributed by atoms with E-state index in [0.717, 1.165) is 48.5 Å². The van der Waals surface area contributed by atoms with Crippen LogP contribution in [0, 0.1) is 0 Å². The summed E-state index contributed by atoms with van der Waals surface area (Å²) in [7, 11) is -3.46. The molecule has 2 aliphatic heterocycles. The molecule has 7 nitrogen and oxygen atoms in total. The van der Waals surface area contributed by atoms with Crippen LogP contribution in [0.5, 0.6) is 0 Å². The number of hydrogen-bond donors (Lipinski definition) is 1. The molecule has 1 N–H and O–H groups in total. The zero-order valence-electron chi connectivity index (χ0n) is 18.5. The van der Waals surface area contributed by atoms with E-state index in [1.165, 1.54) is 29.9 Å². The summed E-state index contributed by atoms with van der Waals surface area (Å²) in [4.78, 5) is 17.9. The van der Waals surface area contributed by atoms with Gasteiger partial charge in [0.2, 0.25) is 5.91 Å². The Labute approximate surface area is 198 Å². The number of aryl methyl sites for hydroxylation is 1. The minimum atomic E-state index is -3.46. The number of nitrogens with zero attached hydrogens (tertiary/aromatic N) is 3. The predicted molar refractivity (Wildman–Crippen MR) is 130 cm³/mol. The second kappa shape index (κ2) is 9.40. The number of imidazole rings is 1. The fourth-order valence-corrected chi connectivity index (χ4v) is 7.58. The van der Waals surface area contributed by atoms with Crippen LogP contribution in [-0.4, -0.2) is 41.3 Å². The molecular weight excluding hydrogens is 456 g/mol. The first-order valence-electron chi connectivity index (χ1n) is 11.5. The number of benzene rings is 1. The lowest BCUT2D eigenvalue weighted by Crippen LogP contribution is -2.35. The number of carbonyl (C=O) groups is 1. The summed E-state index contributed by atoms with van der Waals surface area (Å²) in [5.41, 5.74) is 3.03. The van der Waals surface area contributed by atoms with E-state index in [0.29, 0.717) is 23.0 Å². The van der Waals surface area contributed by atoms with E-state index >= 15 is 0 Å². The van der Waals surface area contributed by atoms with E-state index in [1.807, 2.05) is 30.5 Å². The summed E-state index contributed by atoms with van der Waals surface area (Å²) in [6.45, 7) is 2.15. The van der Waals surface area contributed by atoms with Crippen LogP contribution in [0.1, 0.15) is 42.7 Å². The minimum Gasteiger partial charge on any atom is -0.328 e. The largest absolute Gasteiger partial charge is 0.328 e. The molecule has 1 fully saturated rings. The zero-order chi connectivity index (χ0) is 22.8. The van der Waals surface area contributed by atoms with Gasteiger partial charge in [0.25, 0.3) is 10.0 Å². The van der Waals surface area contributed by atoms with Gasteiger partial charge in [-0.2, -0.15) is 4.31 Å². The van der Waals surface area contributed by atoms with Gasteiger partial charge in [0.15, 0.2) is 0 Å². The van der Waals surface area contributed by atoms with Crippen LogP contribution in [0.2, 0.25) is 0 Å². The van der Waals surface area contributed by atoms with Crippen LogP contribution in [-0.2, 0) is 34.2 Å². The summed E-state index contributed by atoms with van der Waals surface area (Å²) in [5.74, 6) is 0.813. The van der Waals surface area contributed by atoms with Gasteiger partial charge >= 0.3 is 0 Å². The Bertz CT molecular complexity index is 1240. The van der Waals surface area contributed by atoms with Crippen LogP contribution in [0.3, 0.4) is 0 Å². The SMILES string of the molecule is O=C(Cc1ccc(S(=O)(=O)N2CCCCC2)s1)Nc1ccc(-c2ncc3n2CCCC3)cc1. The van der Waals surface area contributed by atoms with Crippen molar-refractivity contribution in [2.24, 2.45) is 0 Å². The van der Waals surface area contributed by atoms with Crippen molar-refractivity contribution < 1.29 is 13.2 Å². The molecule has 4 heterocycles. The van der Waals surface area contributed by atoms with Crippen LogP contribution < -0.4 is 5.32 Å². The Morgan fingerprint density at radius 3 is 2.52 bits per heavy atom. The summed E-state index contributed by atoms with van der Waals surface area (Å²) < 4.78 is 29.8. The number of hydrogen-bond acceptors (Lipinski definition) is 5. The maximum Gasteiger partial charge on any atom is 0.252 e. The van der Waals surface area contributed by atoms with E-state index < -0.39 is 10.0 Å². The zero-order valence-corrected chi connectivity index (χ0v) is 20.1. The number of thiophene rings is 1. The first-order valence-corrected chi connectivity index (χ1v) is 13.8. The lowest BCUT2D eigenvalue weighted by molar-refractivity contribution is -0.115. The van der Waals surface area contributed by atoms with Crippen LogP contribution in [0.15, 0.2) is 46.8 Å². The number of sulfonamides is 1. The number of fused-ring (bicyclic) bond motifs is 1. The van der Waals surface area contributed by atoms with Crippen molar-refractivity contribution in [3.8, 4) is 11.4 Å². The molecule has 1 saturated heterocycles. The molecule has 0 saturated carbocycles. The standard InChI is InChI=1S/C24H28N4O3S2/c29-22(16-21-11-12-23(32-21)33(30,31)27-13-3-1-4-14-27)26-19-9-7-18(8-10-19)24-25-17-20-6-2-5-15-28(20)24/h7-12,17H,1-6,13-16H2,(H,26,29). The highest BCUT2D eigenvalue weighted by Crippen LogP contribution is 2.28. The van der Waals surface area contributed by atoms with Crippen LogP contribution >= 0.6 is 11.3 Å². The van der Waals surface area contributed by atoms with Crippen molar-refractivity contribution in [2.45, 2.75) is 55.7 Å². The van der Waals surface area contributed by atoms with Crippen molar-refractivity contribution >= 4 is 33.0 Å². The van der Waals surface area contributed by atoms with E-state index in [9.17, 15) is 13.2 Å². The minimum absolute atomic E-state index is 0.149. The molecular formula is C24H28N4O3S2. The number of anilines is 1. The predicted octanol–water partition coefficient (Wildman–Crippen LogP) is 4.30. The van der Waals surface area contributed by atoms with Crippen molar-refractivity contribution in [1.82, 2.24) is 13.9 Å². The summed E-state index contributed by atoms with van der Waals surface area (Å²) >= 11 is 1.18. The maximum absolute atomic E-state index is 12.8. The van der Waals surface area contributed by atoms with Crippen molar-refractivity contribution in [2.75, 3.05) is 18.4 Å². The van der Waals surface area contributed by atoms with Gasteiger partial charge in [0.1, 0.15) is 10.0 Å². The Morgan fingerprint density at radius 1 is 0.970 bits per heavy atom. The topological polar surface area (TPSA) is 84.3 Å². The molecule has 2 aliphatic rings. The highest BCUT2D eigenvalue weighted by Gasteiger charge is 2.27. The molecule has 1 amide bonds. The molecule has 9 heteroatoms. The normalized spacial score (nSPS) is 17.0. The third kappa shape index (κ3) is 4.76. The molecule has 33 heavy (non-hydrogen) atoms. The highest BCUT2D eigenvalue weighted by molar-refractivity contribution is 7.91. The maximum atomic E-state index is 12.8. The van der Waals surface area contributed by atoms with Crippen molar-refractivity contribution in [1.29, 1.82) is 0 Å². The van der Waals surface area contributed by atoms with Crippen LogP contribution in [0.4, 0.5) is 5.69 Å². The third-order valence-corrected chi connectivity index (χ3v) is 9.76. The molecule has 0 bridgehead atoms. The molecule has 2 aromatic heterocycles. The fraction of sp³-hybridized carbons (Fsp3) is 0.417. The summed E-state index contributed by atoms with van der Waals surface area (Å²) in [6.07, 6.45) is 8.46. The molecule has 1 aromatic carbocycles. The monoisotopic (exact) mass is 484 g/mol. The molecule has 0 spiro atoms. The Balaban J connectivity index is 1.22. The van der Waals surface area contributed by atoms with E-state index in [2.05, 4.69) is 14.9 Å². The van der Waals surface area contributed by atoms with E-state index in [1.54, 1.807) is 16.4 Å². The van der Waals surface area contributed by atoms with Gasteiger partial charge in [0.05, 0.1) is 6.42 Å². The number of nitrogens with one attached hydrogen (secondary N) is 1. The fourth-order valence-electron chi connectivity index (χ4n) is 4.56. The first kappa shape index (κ1) is 22.3. The first-order chi connectivity index (χ1) is 16.0. The average Bonchev–Trinajstić information content (AvgIpc) is 3.48. The second-order valence-corrected chi connectivity index (χ2v) is 12.0. The van der Waals surface area contributed by atoms with Gasteiger partial charge in [-0.15, -0.1) is 11.3 Å². The lowest BCUT2D eigenvalue weighted by Gasteiger charge is -2.25. The average molecular weight is 485 g/mol. The van der Waals surface area contributed by atoms with Gasteiger partial charge in [0, 0.05) is 47.7 Å². The van der Waals surface area contributed by atoms with E-state index in [4.69, 9.17) is 0 Å². The third-order valence-electron chi connectivity index (χ3n) is 6.31. The van der Waals surface area contributed by atoms with Gasteiger partial charge in [-0.05, 0) is 68.5 Å². The van der Waals surface area contributed by atoms with Gasteiger partial charge in [-0.25, -0.2) is 13.4 Å². The molecule has 0 radical (unpaired) electrons. The van der Waals surface area contributed by atoms with Gasteiger partial charge in [-0.1, -0.05) is 6.42 Å². The number of carbonyl (C=O) groups excluding carboxylic acids is 1. The summed E-state index contributed by atoms with van der Waals surface area (Å²) in [6, 6.07) is 11.1. The number of rotatable bonds is 6. The number of piperidine rings is 1. The van der Waals surface area contributed by atoms with Gasteiger partial charge in [-0.3, -0.25) is 4.79 Å². The van der Waals surface area contributed by atoms with Crippen molar-refractivity contribution in [3.63, 3.8) is 0 Å². The summed E-state index contributed by atoms with van der Waals surface area (Å²) in [5, 5.41) is 2.92. The molecule has 0 aliphatic carbocycles. The molecule has 174 valence electrons. The number of aromatic nitrogens is 2. The Hall–Kier alpha value is -2.49. The molecule has 5 rings (SSSR count). The molecule has 3 aromatic rings. The highest BCUT2D eigenvalue weighted by atomic mass is 32.2. The Kier molecular flexibility index (Phi) is 6.36.